The van der Waals surface area contributed by atoms with Crippen LogP contribution in [0.1, 0.15) is 45.4 Å². The molecule has 0 heteroatoms. The number of hydrogen-bond acceptors (Lipinski definition) is 0. The Hall–Kier alpha value is -0.740. The third-order valence-electron chi connectivity index (χ3n) is 2.37. The minimum absolute atomic E-state index is 1.22. The summed E-state index contributed by atoms with van der Waals surface area (Å²) >= 11 is 0. The molecule has 0 aromatic heterocycles. The van der Waals surface area contributed by atoms with E-state index in [9.17, 15) is 0 Å². The highest BCUT2D eigenvalue weighted by Gasteiger charge is 2.04. The molecule has 0 N–H and O–H groups in total. The van der Waals surface area contributed by atoms with Crippen LogP contribution in [0.25, 0.3) is 0 Å². The Morgan fingerprint density at radius 2 is 1.75 bits per heavy atom. The second-order valence-electron chi connectivity index (χ2n) is 3.49. The van der Waals surface area contributed by atoms with Crippen LogP contribution < -0.4 is 0 Å². The second kappa shape index (κ2) is 5.00. The zero-order valence-corrected chi connectivity index (χ0v) is 8.03. The number of allylic oxidation sites excluding steroid dienone is 2. The molecule has 0 saturated heterocycles. The van der Waals surface area contributed by atoms with Gasteiger partial charge in [0.2, 0.25) is 0 Å². The second-order valence-corrected chi connectivity index (χ2v) is 3.49. The molecule has 0 aliphatic heterocycles. The third kappa shape index (κ3) is 3.11. The van der Waals surface area contributed by atoms with Crippen LogP contribution in [0.15, 0.2) is 29.5 Å². The molecule has 1 aliphatic carbocycles. The summed E-state index contributed by atoms with van der Waals surface area (Å²) in [6, 6.07) is 0. The average Bonchev–Trinajstić information content (AvgIpc) is 2.00. The van der Waals surface area contributed by atoms with Crippen molar-refractivity contribution in [2.24, 2.45) is 0 Å². The van der Waals surface area contributed by atoms with Crippen molar-refractivity contribution in [1.29, 1.82) is 0 Å². The molecule has 0 amide bonds. The highest BCUT2D eigenvalue weighted by atomic mass is 14.1. The number of rotatable bonds is 0. The Labute approximate surface area is 75.7 Å². The van der Waals surface area contributed by atoms with Crippen LogP contribution >= 0.6 is 0 Å². The molecular formula is C12H18. The van der Waals surface area contributed by atoms with Crippen molar-refractivity contribution in [3.63, 3.8) is 0 Å². The molecule has 66 valence electrons. The van der Waals surface area contributed by atoms with Crippen molar-refractivity contribution in [3.05, 3.63) is 29.5 Å². The lowest BCUT2D eigenvalue weighted by atomic mass is 9.94. The summed E-state index contributed by atoms with van der Waals surface area (Å²) in [5.74, 6) is 0. The zero-order valence-electron chi connectivity index (χ0n) is 8.03. The minimum atomic E-state index is 1.22. The van der Waals surface area contributed by atoms with E-state index in [-0.39, 0.29) is 0 Å². The molecule has 1 rings (SSSR count). The van der Waals surface area contributed by atoms with Crippen molar-refractivity contribution >= 4 is 0 Å². The van der Waals surface area contributed by atoms with E-state index in [1.54, 1.807) is 0 Å². The van der Waals surface area contributed by atoms with Gasteiger partial charge in [0.15, 0.2) is 0 Å². The van der Waals surface area contributed by atoms with Gasteiger partial charge in [-0.25, -0.2) is 0 Å². The zero-order chi connectivity index (χ0) is 8.81. The van der Waals surface area contributed by atoms with Crippen LogP contribution in [0.3, 0.4) is 0 Å². The van der Waals surface area contributed by atoms with Crippen LogP contribution in [0.5, 0.6) is 0 Å². The Morgan fingerprint density at radius 1 is 1.17 bits per heavy atom. The molecule has 12 heavy (non-hydrogen) atoms. The van der Waals surface area contributed by atoms with Gasteiger partial charge >= 0.3 is 0 Å². The van der Waals surface area contributed by atoms with Gasteiger partial charge in [0.05, 0.1) is 0 Å². The first-order valence-electron chi connectivity index (χ1n) is 4.88. The van der Waals surface area contributed by atoms with E-state index >= 15 is 0 Å². The summed E-state index contributed by atoms with van der Waals surface area (Å²) in [6.45, 7) is 6.10. The van der Waals surface area contributed by atoms with Crippen molar-refractivity contribution in [2.75, 3.05) is 0 Å². The minimum Gasteiger partial charge on any atom is -0.126 e. The summed E-state index contributed by atoms with van der Waals surface area (Å²) in [5.41, 5.74) is 6.27. The quantitative estimate of drug-likeness (QED) is 0.373. The van der Waals surface area contributed by atoms with E-state index in [4.69, 9.17) is 0 Å². The normalized spacial score (nSPS) is 19.4. The molecule has 0 unspecified atom stereocenters. The van der Waals surface area contributed by atoms with Crippen LogP contribution in [0, 0.1) is 0 Å². The van der Waals surface area contributed by atoms with Gasteiger partial charge in [-0.3, -0.25) is 0 Å². The van der Waals surface area contributed by atoms with Crippen molar-refractivity contribution in [2.45, 2.75) is 45.4 Å². The lowest BCUT2D eigenvalue weighted by molar-refractivity contribution is 0.666. The molecule has 0 radical (unpaired) electrons. The summed E-state index contributed by atoms with van der Waals surface area (Å²) in [6.07, 6.45) is 9.46. The monoisotopic (exact) mass is 162 g/mol. The van der Waals surface area contributed by atoms with E-state index in [1.807, 2.05) is 13.0 Å². The Morgan fingerprint density at radius 3 is 2.25 bits per heavy atom. The highest BCUT2D eigenvalue weighted by Crippen LogP contribution is 2.23. The fourth-order valence-corrected chi connectivity index (χ4v) is 1.70. The van der Waals surface area contributed by atoms with Crippen molar-refractivity contribution in [3.8, 4) is 0 Å². The van der Waals surface area contributed by atoms with Gasteiger partial charge in [0, 0.05) is 0 Å². The fraction of sp³-hybridized carbons (Fsp3) is 0.583. The largest absolute Gasteiger partial charge is 0.126 e. The van der Waals surface area contributed by atoms with E-state index in [1.165, 1.54) is 49.7 Å². The van der Waals surface area contributed by atoms with Gasteiger partial charge < -0.3 is 0 Å². The first-order chi connectivity index (χ1) is 5.83. The molecule has 0 atom stereocenters. The molecule has 1 fully saturated rings. The molecule has 1 saturated carbocycles. The summed E-state index contributed by atoms with van der Waals surface area (Å²) in [4.78, 5) is 0. The van der Waals surface area contributed by atoms with E-state index in [0.717, 1.165) is 0 Å². The Kier molecular flexibility index (Phi) is 3.90. The van der Waals surface area contributed by atoms with Crippen molar-refractivity contribution in [1.82, 2.24) is 0 Å². The van der Waals surface area contributed by atoms with Crippen LogP contribution in [0.4, 0.5) is 0 Å². The Balaban J connectivity index is 2.51. The van der Waals surface area contributed by atoms with Crippen molar-refractivity contribution < 1.29 is 0 Å². The molecule has 0 nitrogen and oxygen atoms in total. The maximum atomic E-state index is 4.05. The van der Waals surface area contributed by atoms with E-state index in [0.29, 0.717) is 0 Å². The topological polar surface area (TPSA) is 0 Å². The summed E-state index contributed by atoms with van der Waals surface area (Å²) in [7, 11) is 0. The van der Waals surface area contributed by atoms with Gasteiger partial charge in [-0.15, -0.1) is 5.73 Å². The van der Waals surface area contributed by atoms with Gasteiger partial charge in [0.1, 0.15) is 0 Å². The molecule has 0 aromatic rings. The fourth-order valence-electron chi connectivity index (χ4n) is 1.70. The van der Waals surface area contributed by atoms with Gasteiger partial charge in [-0.05, 0) is 57.1 Å². The van der Waals surface area contributed by atoms with E-state index < -0.39 is 0 Å². The first-order valence-corrected chi connectivity index (χ1v) is 4.88. The SMILES string of the molecule is C=C1CCCC(=C=CC)CCC1. The summed E-state index contributed by atoms with van der Waals surface area (Å²) < 4.78 is 0. The average molecular weight is 162 g/mol. The third-order valence-corrected chi connectivity index (χ3v) is 2.37. The smallest absolute Gasteiger partial charge is 0.0241 e. The molecule has 0 spiro atoms. The molecule has 0 aromatic carbocycles. The van der Waals surface area contributed by atoms with Gasteiger partial charge in [-0.1, -0.05) is 12.2 Å². The van der Waals surface area contributed by atoms with E-state index in [2.05, 4.69) is 12.3 Å². The standard InChI is InChI=1S/C12H18/c1-3-6-12-9-4-7-11(2)8-5-10-12/h3H,2,4-5,7-10H2,1H3. The molecular weight excluding hydrogens is 144 g/mol. The number of hydrogen-bond donors (Lipinski definition) is 0. The molecule has 1 aliphatic rings. The lowest BCUT2D eigenvalue weighted by Crippen LogP contribution is -1.92. The first kappa shape index (κ1) is 9.35. The summed E-state index contributed by atoms with van der Waals surface area (Å²) in [5, 5.41) is 0. The predicted molar refractivity (Wildman–Crippen MR) is 54.1 cm³/mol. The predicted octanol–water partition coefficient (Wildman–Crippen LogP) is 4.00. The molecule has 0 heterocycles. The maximum Gasteiger partial charge on any atom is -0.0241 e. The van der Waals surface area contributed by atoms with Crippen LogP contribution in [-0.2, 0) is 0 Å². The van der Waals surface area contributed by atoms with Gasteiger partial charge in [0.25, 0.3) is 0 Å². The Bertz CT molecular complexity index is 200. The molecule has 0 bridgehead atoms. The lowest BCUT2D eigenvalue weighted by Gasteiger charge is -2.11. The van der Waals surface area contributed by atoms with Crippen LogP contribution in [-0.4, -0.2) is 0 Å². The maximum absolute atomic E-state index is 4.05. The van der Waals surface area contributed by atoms with Crippen LogP contribution in [0.2, 0.25) is 0 Å². The highest BCUT2D eigenvalue weighted by molar-refractivity contribution is 5.06. The van der Waals surface area contributed by atoms with Gasteiger partial charge in [-0.2, -0.15) is 0 Å².